The summed E-state index contributed by atoms with van der Waals surface area (Å²) in [6.45, 7) is 4.75. The summed E-state index contributed by atoms with van der Waals surface area (Å²) in [5.41, 5.74) is 5.75. The lowest BCUT2D eigenvalue weighted by molar-refractivity contribution is -0.246. The van der Waals surface area contributed by atoms with Gasteiger partial charge in [0.25, 0.3) is 30.1 Å². The lowest BCUT2D eigenvalue weighted by atomic mass is 9.84. The summed E-state index contributed by atoms with van der Waals surface area (Å²) in [5.74, 6) is -0.878. The Balaban J connectivity index is 0.000000183. The Hall–Kier alpha value is -2.81. The van der Waals surface area contributed by atoms with E-state index in [1.807, 2.05) is 18.2 Å². The maximum absolute atomic E-state index is 12.9. The molecule has 1 N–H and O–H groups in total. The first-order valence-electron chi connectivity index (χ1n) is 22.7. The van der Waals surface area contributed by atoms with Crippen molar-refractivity contribution in [2.24, 2.45) is 0 Å². The second-order valence-electron chi connectivity index (χ2n) is 17.7. The minimum Gasteiger partial charge on any atom is -0.742 e. The van der Waals surface area contributed by atoms with Crippen LogP contribution in [0.5, 0.6) is 0 Å². The first kappa shape index (κ1) is 61.0. The zero-order valence-electron chi connectivity index (χ0n) is 39.3. The van der Waals surface area contributed by atoms with Crippen molar-refractivity contribution in [3.63, 3.8) is 0 Å². The number of ether oxygens (including phenoxy) is 2. The highest BCUT2D eigenvalue weighted by Crippen LogP contribution is 2.53. The molecule has 0 radical (unpaired) electrons. The lowest BCUT2D eigenvalue weighted by Crippen LogP contribution is -2.70. The van der Waals surface area contributed by atoms with E-state index in [4.69, 9.17) is 9.47 Å². The van der Waals surface area contributed by atoms with Crippen LogP contribution in [0, 0.1) is 6.92 Å². The molecule has 8 rings (SSSR count). The maximum Gasteiger partial charge on any atom is 0.447 e. The van der Waals surface area contributed by atoms with Gasteiger partial charge in [-0.05, 0) is 61.0 Å². The molecule has 2 atom stereocenters. The van der Waals surface area contributed by atoms with Crippen molar-refractivity contribution < 1.29 is 97.2 Å². The van der Waals surface area contributed by atoms with Gasteiger partial charge in [-0.1, -0.05) is 71.4 Å². The number of Topliss-reactive ketones (excluding diaryl/α,β-unsaturated/α-hetero) is 3. The number of nitrogens with one attached hydrogen (secondary N) is 1. The number of nitrogens with zero attached hydrogens (tertiary/aromatic N) is 1. The number of carbonyl (C=O) groups is 3. The fraction of sp³-hybridized carbons (Fsp3) is 0.651. The van der Waals surface area contributed by atoms with E-state index in [1.54, 1.807) is 0 Å². The van der Waals surface area contributed by atoms with Crippen LogP contribution in [0.25, 0.3) is 0 Å². The van der Waals surface area contributed by atoms with E-state index in [0.717, 1.165) is 60.2 Å². The third-order valence-electron chi connectivity index (χ3n) is 12.8. The number of carbonyl (C=O) groups excluding carboxylic acids is 3. The van der Waals surface area contributed by atoms with Gasteiger partial charge in [-0.2, -0.15) is 39.4 Å². The number of hydrogen-bond acceptors (Lipinski definition) is 14. The predicted octanol–water partition coefficient (Wildman–Crippen LogP) is 5.24. The lowest BCUT2D eigenvalue weighted by Gasteiger charge is -2.35. The zero-order valence-corrected chi connectivity index (χ0v) is 44.2. The average Bonchev–Trinajstić information content (AvgIpc) is 3.34. The largest absolute Gasteiger partial charge is 0.742 e. The van der Waals surface area contributed by atoms with E-state index in [1.165, 1.54) is 48.8 Å². The number of rotatable bonds is 8. The number of morpholine rings is 1. The molecule has 2 aromatic carbocycles. The monoisotopic (exact) mass is 1170 g/mol. The van der Waals surface area contributed by atoms with Crippen molar-refractivity contribution in [2.45, 2.75) is 109 Å². The molecule has 2 unspecified atom stereocenters. The van der Waals surface area contributed by atoms with Crippen LogP contribution < -0.4 is 4.13 Å². The van der Waals surface area contributed by atoms with E-state index >= 15 is 0 Å². The molecule has 0 bridgehead atoms. The van der Waals surface area contributed by atoms with Gasteiger partial charge in [-0.25, -0.2) is 33.7 Å². The van der Waals surface area contributed by atoms with Gasteiger partial charge in [0, 0.05) is 41.5 Å². The van der Waals surface area contributed by atoms with Crippen LogP contribution in [-0.2, 0) is 82.7 Å². The van der Waals surface area contributed by atoms with E-state index < -0.39 is 74.3 Å². The van der Waals surface area contributed by atoms with Gasteiger partial charge in [-0.15, -0.1) is 0 Å². The molecular formula is C43H55F8N2O14S6+. The van der Waals surface area contributed by atoms with Gasteiger partial charge in [0.05, 0.1) is 39.3 Å². The summed E-state index contributed by atoms with van der Waals surface area (Å²) >= 11 is 0. The van der Waals surface area contributed by atoms with Gasteiger partial charge in [0.15, 0.2) is 20.6 Å². The number of ketones is 3. The summed E-state index contributed by atoms with van der Waals surface area (Å²) in [7, 11) is -24.3. The van der Waals surface area contributed by atoms with Crippen molar-refractivity contribution in [3.8, 4) is 0 Å². The molecule has 6 aliphatic rings. The first-order valence-corrected chi connectivity index (χ1v) is 31.8. The maximum atomic E-state index is 12.9. The van der Waals surface area contributed by atoms with Crippen LogP contribution in [0.1, 0.15) is 102 Å². The molecule has 412 valence electrons. The topological polar surface area (TPSA) is 245 Å². The Kier molecular flexibility index (Phi) is 19.9. The van der Waals surface area contributed by atoms with E-state index in [0.29, 0.717) is 30.3 Å². The third-order valence-corrected chi connectivity index (χ3v) is 25.2. The highest BCUT2D eigenvalue weighted by atomic mass is 32.3. The van der Waals surface area contributed by atoms with Crippen LogP contribution >= 0.6 is 0 Å². The summed E-state index contributed by atoms with van der Waals surface area (Å²) in [4.78, 5) is 36.7. The van der Waals surface area contributed by atoms with E-state index in [9.17, 15) is 87.7 Å². The quantitative estimate of drug-likeness (QED) is 0.154. The van der Waals surface area contributed by atoms with Crippen LogP contribution in [0.3, 0.4) is 0 Å². The molecule has 0 spiro atoms. The molecule has 4 heterocycles. The average molecular weight is 1170 g/mol. The van der Waals surface area contributed by atoms with E-state index in [2.05, 4.69) is 38.1 Å². The number of alkyl halides is 8. The fourth-order valence-electron chi connectivity index (χ4n) is 8.53. The molecule has 4 aliphatic heterocycles. The minimum atomic E-state index is -6.57. The van der Waals surface area contributed by atoms with Crippen LogP contribution in [0.15, 0.2) is 42.5 Å². The number of fused-ring (bicyclic) bond motifs is 1. The van der Waals surface area contributed by atoms with Gasteiger partial charge in [0.2, 0.25) is 11.6 Å². The minimum absolute atomic E-state index is 0.0589. The molecule has 73 heavy (non-hydrogen) atoms. The Labute approximate surface area is 424 Å². The van der Waals surface area contributed by atoms with Gasteiger partial charge in [-0.3, -0.25) is 14.4 Å². The van der Waals surface area contributed by atoms with Crippen LogP contribution in [-0.4, -0.2) is 154 Å². The standard InChI is InChI=1S/C20H27O2S.C15H19O2S.C5H9F2NO6S2.C3HF6NO4S2/c1-15(23-13-11-19(21)12-14-23)20(22)18-9-7-17(8-10-18)16-5-3-2-4-6-16;1-11-2-4-13-12(10-11)3-5-14(15(13)16)18-8-6-17-7-9-18;6-5(7,16(11,12)13)15(9,10)8-1-3-14-4-2-8;4-1(5)2(6,7)15(11,12)10-16(13,14)3(1,8)9/h7-10,15-16H,2-6,11-14H2,1H3;2,4,10,14H,3,5-9H2,1H3;1-4H2,(H,11,12,13);10H/q2*+1;;/p-1. The van der Waals surface area contributed by atoms with Gasteiger partial charge >= 0.3 is 21.0 Å². The highest BCUT2D eigenvalue weighted by Gasteiger charge is 2.86. The van der Waals surface area contributed by atoms with Gasteiger partial charge in [0.1, 0.15) is 28.8 Å². The van der Waals surface area contributed by atoms with Crippen molar-refractivity contribution in [1.82, 2.24) is 8.43 Å². The molecule has 16 nitrogen and oxygen atoms in total. The van der Waals surface area contributed by atoms with Crippen LogP contribution in [0.2, 0.25) is 0 Å². The van der Waals surface area contributed by atoms with Crippen molar-refractivity contribution >= 4 is 79.3 Å². The molecule has 4 saturated heterocycles. The fourth-order valence-corrected chi connectivity index (χ4v) is 18.4. The molecule has 0 amide bonds. The molecular weight excluding hydrogens is 1110 g/mol. The summed E-state index contributed by atoms with van der Waals surface area (Å²) in [6.07, 6.45) is 10.1. The van der Waals surface area contributed by atoms with Gasteiger partial charge < -0.3 is 14.0 Å². The number of benzene rings is 2. The number of halogens is 8. The number of hydrogen-bond donors (Lipinski definition) is 1. The normalized spacial score (nSPS) is 24.9. The smallest absolute Gasteiger partial charge is 0.447 e. The zero-order chi connectivity index (χ0) is 54.6. The predicted molar refractivity (Wildman–Crippen MR) is 255 cm³/mol. The van der Waals surface area contributed by atoms with Crippen LogP contribution in [0.4, 0.5) is 35.1 Å². The second-order valence-corrected chi connectivity index (χ2v) is 30.1. The number of sulfonamides is 3. The Morgan fingerprint density at radius 1 is 0.781 bits per heavy atom. The Morgan fingerprint density at radius 2 is 1.30 bits per heavy atom. The highest BCUT2D eigenvalue weighted by molar-refractivity contribution is 8.06. The molecule has 1 saturated carbocycles. The van der Waals surface area contributed by atoms with Crippen molar-refractivity contribution in [2.75, 3.05) is 62.5 Å². The molecule has 30 heteroatoms. The Morgan fingerprint density at radius 3 is 1.82 bits per heavy atom. The summed E-state index contributed by atoms with van der Waals surface area (Å²) < 4.78 is 200. The van der Waals surface area contributed by atoms with E-state index in [-0.39, 0.29) is 59.7 Å². The summed E-state index contributed by atoms with van der Waals surface area (Å²) in [5, 5.41) is -12.2. The first-order chi connectivity index (χ1) is 33.7. The molecule has 0 aromatic heterocycles. The number of aryl methyl sites for hydroxylation is 2. The van der Waals surface area contributed by atoms with Crippen molar-refractivity contribution in [1.29, 1.82) is 0 Å². The molecule has 2 aliphatic carbocycles. The second kappa shape index (κ2) is 23.8. The SMILES string of the molecule is CC(C(=O)c1ccc(C2CCCCC2)cc1)[S+]1CCC(=O)CC1.Cc1ccc2c(c1)CCC([S+]1CCOCC1)C2=O.O=S(=O)([O-])C(F)(F)S(=O)(=O)N1CCOCC1.O=S1(=O)NS(=O)(=O)C(F)(F)C(F)(F)C1(F)F. The molecule has 5 fully saturated rings. The molecule has 2 aromatic rings. The van der Waals surface area contributed by atoms with Crippen molar-refractivity contribution in [3.05, 3.63) is 70.3 Å². The third kappa shape index (κ3) is 13.3. The Bertz CT molecular complexity index is 2720. The summed E-state index contributed by atoms with van der Waals surface area (Å²) in [6, 6.07) is 14.7.